The summed E-state index contributed by atoms with van der Waals surface area (Å²) in [5.74, 6) is 2.32. The van der Waals surface area contributed by atoms with Crippen molar-refractivity contribution < 1.29 is 4.79 Å². The van der Waals surface area contributed by atoms with E-state index in [1.165, 1.54) is 4.68 Å². The minimum atomic E-state index is -0.359. The van der Waals surface area contributed by atoms with Gasteiger partial charge in [-0.2, -0.15) is 0 Å². The molecule has 0 aliphatic carbocycles. The van der Waals surface area contributed by atoms with Crippen LogP contribution in [0.2, 0.25) is 0 Å². The largest absolute Gasteiger partial charge is 0.327 e. The molecule has 0 saturated heterocycles. The summed E-state index contributed by atoms with van der Waals surface area (Å²) in [4.78, 5) is 38.9. The predicted molar refractivity (Wildman–Crippen MR) is 109 cm³/mol. The molecule has 1 amide bonds. The SMILES string of the molecule is C#CCN(Cc1ccc(C)cc1)C(=O)CCn1[nH]c(=O)c2ccccc2c1=O. The first-order chi connectivity index (χ1) is 13.5. The quantitative estimate of drug-likeness (QED) is 0.670. The summed E-state index contributed by atoms with van der Waals surface area (Å²) in [6, 6.07) is 14.5. The molecule has 0 aliphatic rings. The Morgan fingerprint density at radius 3 is 2.46 bits per heavy atom. The standard InChI is InChI=1S/C22H21N3O3/c1-3-13-24(15-17-10-8-16(2)9-11-17)20(26)12-14-25-22(28)19-7-5-4-6-18(19)21(27)23-25/h1,4-11H,12-15H2,2H3,(H,23,27). The summed E-state index contributed by atoms with van der Waals surface area (Å²) < 4.78 is 1.18. The molecule has 0 bridgehead atoms. The van der Waals surface area contributed by atoms with Gasteiger partial charge in [-0.25, -0.2) is 4.68 Å². The Balaban J connectivity index is 1.76. The molecule has 0 radical (unpaired) electrons. The fraction of sp³-hybridized carbons (Fsp3) is 0.227. The third kappa shape index (κ3) is 4.21. The molecule has 28 heavy (non-hydrogen) atoms. The van der Waals surface area contributed by atoms with Crippen LogP contribution in [-0.2, 0) is 17.9 Å². The van der Waals surface area contributed by atoms with Gasteiger partial charge in [-0.15, -0.1) is 6.42 Å². The summed E-state index contributed by atoms with van der Waals surface area (Å²) in [7, 11) is 0. The number of aryl methyl sites for hydroxylation is 2. The molecule has 0 saturated carbocycles. The normalized spacial score (nSPS) is 10.6. The van der Waals surface area contributed by atoms with E-state index in [0.717, 1.165) is 11.1 Å². The van der Waals surface area contributed by atoms with Gasteiger partial charge in [0.2, 0.25) is 5.91 Å². The van der Waals surface area contributed by atoms with Crippen LogP contribution in [0.5, 0.6) is 0 Å². The van der Waals surface area contributed by atoms with E-state index in [-0.39, 0.29) is 36.5 Å². The van der Waals surface area contributed by atoms with E-state index in [9.17, 15) is 14.4 Å². The number of aromatic nitrogens is 2. The van der Waals surface area contributed by atoms with Crippen LogP contribution >= 0.6 is 0 Å². The smallest absolute Gasteiger partial charge is 0.273 e. The average molecular weight is 375 g/mol. The lowest BCUT2D eigenvalue weighted by molar-refractivity contribution is -0.131. The van der Waals surface area contributed by atoms with E-state index in [0.29, 0.717) is 17.3 Å². The number of fused-ring (bicyclic) bond motifs is 1. The highest BCUT2D eigenvalue weighted by atomic mass is 16.2. The van der Waals surface area contributed by atoms with E-state index in [1.807, 2.05) is 31.2 Å². The number of carbonyl (C=O) groups is 1. The van der Waals surface area contributed by atoms with Crippen molar-refractivity contribution in [2.45, 2.75) is 26.4 Å². The molecule has 1 N–H and O–H groups in total. The molecule has 0 fully saturated rings. The first-order valence-corrected chi connectivity index (χ1v) is 8.98. The van der Waals surface area contributed by atoms with E-state index in [1.54, 1.807) is 29.2 Å². The minimum absolute atomic E-state index is 0.0573. The molecule has 0 spiro atoms. The molecule has 0 atom stereocenters. The molecule has 2 aromatic carbocycles. The lowest BCUT2D eigenvalue weighted by Crippen LogP contribution is -2.34. The number of nitrogens with zero attached hydrogens (tertiary/aromatic N) is 2. The van der Waals surface area contributed by atoms with Crippen molar-refractivity contribution in [2.24, 2.45) is 0 Å². The third-order valence-corrected chi connectivity index (χ3v) is 4.56. The number of rotatable bonds is 6. The van der Waals surface area contributed by atoms with Gasteiger partial charge in [0.05, 0.1) is 23.9 Å². The summed E-state index contributed by atoms with van der Waals surface area (Å²) in [5, 5.41) is 3.21. The van der Waals surface area contributed by atoms with Crippen molar-refractivity contribution >= 4 is 16.7 Å². The second-order valence-corrected chi connectivity index (χ2v) is 6.63. The number of H-pyrrole nitrogens is 1. The highest BCUT2D eigenvalue weighted by Gasteiger charge is 2.14. The van der Waals surface area contributed by atoms with Crippen molar-refractivity contribution in [1.82, 2.24) is 14.7 Å². The Hall–Kier alpha value is -3.59. The summed E-state index contributed by atoms with van der Waals surface area (Å²) >= 11 is 0. The van der Waals surface area contributed by atoms with Gasteiger partial charge in [0.25, 0.3) is 11.1 Å². The van der Waals surface area contributed by atoms with Crippen molar-refractivity contribution in [1.29, 1.82) is 0 Å². The van der Waals surface area contributed by atoms with Gasteiger partial charge in [0, 0.05) is 13.0 Å². The zero-order valence-electron chi connectivity index (χ0n) is 15.6. The molecule has 6 nitrogen and oxygen atoms in total. The van der Waals surface area contributed by atoms with Crippen molar-refractivity contribution in [2.75, 3.05) is 6.54 Å². The number of nitrogens with one attached hydrogen (secondary N) is 1. The van der Waals surface area contributed by atoms with Crippen molar-refractivity contribution in [3.8, 4) is 12.3 Å². The molecular formula is C22H21N3O3. The van der Waals surface area contributed by atoms with Crippen LogP contribution in [0.25, 0.3) is 10.8 Å². The zero-order valence-corrected chi connectivity index (χ0v) is 15.6. The summed E-state index contributed by atoms with van der Waals surface area (Å²) in [6.07, 6.45) is 5.47. The highest BCUT2D eigenvalue weighted by Crippen LogP contribution is 2.09. The number of hydrogen-bond acceptors (Lipinski definition) is 3. The Morgan fingerprint density at radius 2 is 1.79 bits per heavy atom. The first-order valence-electron chi connectivity index (χ1n) is 8.98. The lowest BCUT2D eigenvalue weighted by Gasteiger charge is -2.21. The maximum atomic E-state index is 12.7. The van der Waals surface area contributed by atoms with Crippen LogP contribution in [0.4, 0.5) is 0 Å². The topological polar surface area (TPSA) is 75.2 Å². The number of aromatic amines is 1. The summed E-state index contributed by atoms with van der Waals surface area (Å²) in [6.45, 7) is 2.64. The Kier molecular flexibility index (Phi) is 5.75. The van der Waals surface area contributed by atoms with Crippen LogP contribution in [0.15, 0.2) is 58.1 Å². The molecule has 1 aromatic heterocycles. The van der Waals surface area contributed by atoms with E-state index < -0.39 is 0 Å². The second-order valence-electron chi connectivity index (χ2n) is 6.63. The van der Waals surface area contributed by atoms with Crippen LogP contribution in [-0.4, -0.2) is 27.1 Å². The highest BCUT2D eigenvalue weighted by molar-refractivity contribution is 5.80. The Bertz CT molecular complexity index is 1150. The number of terminal acetylenes is 1. The third-order valence-electron chi connectivity index (χ3n) is 4.56. The molecule has 0 unspecified atom stereocenters. The average Bonchev–Trinajstić information content (AvgIpc) is 2.70. The summed E-state index contributed by atoms with van der Waals surface area (Å²) in [5.41, 5.74) is 1.43. The van der Waals surface area contributed by atoms with Crippen molar-refractivity contribution in [3.63, 3.8) is 0 Å². The Morgan fingerprint density at radius 1 is 1.11 bits per heavy atom. The van der Waals surface area contributed by atoms with Crippen LogP contribution < -0.4 is 11.1 Å². The van der Waals surface area contributed by atoms with Gasteiger partial charge < -0.3 is 4.90 Å². The van der Waals surface area contributed by atoms with Gasteiger partial charge >= 0.3 is 0 Å². The van der Waals surface area contributed by atoms with Gasteiger partial charge in [-0.1, -0.05) is 47.9 Å². The molecule has 3 rings (SSSR count). The molecule has 1 heterocycles. The molecule has 142 valence electrons. The van der Waals surface area contributed by atoms with Gasteiger partial charge in [-0.3, -0.25) is 19.5 Å². The number of carbonyl (C=O) groups excluding carboxylic acids is 1. The predicted octanol–water partition coefficient (Wildman–Crippen LogP) is 2.05. The first kappa shape index (κ1) is 19.2. The molecule has 0 aliphatic heterocycles. The molecule has 3 aromatic rings. The number of amides is 1. The zero-order chi connectivity index (χ0) is 20.1. The van der Waals surface area contributed by atoms with Crippen molar-refractivity contribution in [3.05, 3.63) is 80.4 Å². The monoisotopic (exact) mass is 375 g/mol. The van der Waals surface area contributed by atoms with Gasteiger partial charge in [-0.05, 0) is 24.6 Å². The van der Waals surface area contributed by atoms with Gasteiger partial charge in [0.1, 0.15) is 0 Å². The van der Waals surface area contributed by atoms with E-state index in [2.05, 4.69) is 11.0 Å². The van der Waals surface area contributed by atoms with Crippen LogP contribution in [0.3, 0.4) is 0 Å². The van der Waals surface area contributed by atoms with Crippen LogP contribution in [0.1, 0.15) is 17.5 Å². The van der Waals surface area contributed by atoms with Crippen LogP contribution in [0, 0.1) is 19.3 Å². The molecular weight excluding hydrogens is 354 g/mol. The maximum absolute atomic E-state index is 12.7. The second kappa shape index (κ2) is 8.40. The fourth-order valence-electron chi connectivity index (χ4n) is 3.03. The number of benzene rings is 2. The molecule has 6 heteroatoms. The van der Waals surface area contributed by atoms with E-state index >= 15 is 0 Å². The minimum Gasteiger partial charge on any atom is -0.327 e. The maximum Gasteiger partial charge on any atom is 0.273 e. The lowest BCUT2D eigenvalue weighted by atomic mass is 10.1. The van der Waals surface area contributed by atoms with E-state index in [4.69, 9.17) is 6.42 Å². The Labute approximate surface area is 162 Å². The number of hydrogen-bond donors (Lipinski definition) is 1. The fourth-order valence-corrected chi connectivity index (χ4v) is 3.03. The van der Waals surface area contributed by atoms with Gasteiger partial charge in [0.15, 0.2) is 0 Å².